The Balaban J connectivity index is 1.22. The summed E-state index contributed by atoms with van der Waals surface area (Å²) in [5.41, 5.74) is 4.55. The van der Waals surface area contributed by atoms with Gasteiger partial charge in [0.2, 0.25) is 0 Å². The molecule has 1 amide bonds. The summed E-state index contributed by atoms with van der Waals surface area (Å²) >= 11 is 1.65. The van der Waals surface area contributed by atoms with Gasteiger partial charge in [0.15, 0.2) is 0 Å². The molecule has 0 radical (unpaired) electrons. The molecule has 6 rings (SSSR count). The minimum absolute atomic E-state index is 0.117. The van der Waals surface area contributed by atoms with Gasteiger partial charge >= 0.3 is 0 Å². The van der Waals surface area contributed by atoms with Gasteiger partial charge in [-0.05, 0) is 50.1 Å². The van der Waals surface area contributed by atoms with Crippen LogP contribution in [0.1, 0.15) is 40.8 Å². The van der Waals surface area contributed by atoms with Crippen LogP contribution in [0.4, 0.5) is 0 Å². The van der Waals surface area contributed by atoms with Crippen molar-refractivity contribution in [1.82, 2.24) is 34.8 Å². The lowest BCUT2D eigenvalue weighted by molar-refractivity contribution is 0.0942. The molecule has 1 aliphatic carbocycles. The first-order valence-electron chi connectivity index (χ1n) is 10.9. The maximum absolute atomic E-state index is 13.1. The Labute approximate surface area is 194 Å². The molecule has 4 heterocycles. The van der Waals surface area contributed by atoms with E-state index in [0.29, 0.717) is 18.3 Å². The van der Waals surface area contributed by atoms with Crippen molar-refractivity contribution < 1.29 is 4.79 Å². The number of nitrogens with zero attached hydrogens (tertiary/aromatic N) is 5. The van der Waals surface area contributed by atoms with E-state index in [4.69, 9.17) is 0 Å². The highest BCUT2D eigenvalue weighted by Crippen LogP contribution is 2.37. The van der Waals surface area contributed by atoms with Crippen molar-refractivity contribution in [3.63, 3.8) is 0 Å². The molecule has 0 spiro atoms. The fourth-order valence-corrected chi connectivity index (χ4v) is 5.18. The zero-order valence-electron chi connectivity index (χ0n) is 18.4. The van der Waals surface area contributed by atoms with Crippen LogP contribution in [0.2, 0.25) is 0 Å². The Hall–Kier alpha value is -3.59. The maximum Gasteiger partial charge on any atom is 0.268 e. The quantitative estimate of drug-likeness (QED) is 0.395. The molecule has 4 aromatic heterocycles. The number of benzene rings is 1. The number of H-pyrrole nitrogens is 1. The smallest absolute Gasteiger partial charge is 0.268 e. The predicted molar refractivity (Wildman–Crippen MR) is 127 cm³/mol. The summed E-state index contributed by atoms with van der Waals surface area (Å²) in [4.78, 5) is 19.8. The van der Waals surface area contributed by atoms with Crippen molar-refractivity contribution in [2.45, 2.75) is 42.1 Å². The second-order valence-corrected chi connectivity index (χ2v) is 9.57. The number of pyridine rings is 1. The first kappa shape index (κ1) is 20.0. The Morgan fingerprint density at radius 1 is 1.21 bits per heavy atom. The summed E-state index contributed by atoms with van der Waals surface area (Å²) in [7, 11) is 1.93. The number of hydrogen-bond acceptors (Lipinski definition) is 5. The van der Waals surface area contributed by atoms with Crippen molar-refractivity contribution in [3.8, 4) is 0 Å². The third-order valence-electron chi connectivity index (χ3n) is 6.25. The van der Waals surface area contributed by atoms with Crippen LogP contribution < -0.4 is 5.32 Å². The van der Waals surface area contributed by atoms with Crippen LogP contribution in [0.3, 0.4) is 0 Å². The number of rotatable bonds is 6. The molecule has 5 aromatic rings. The summed E-state index contributed by atoms with van der Waals surface area (Å²) in [5.74, 6) is -0.117. The van der Waals surface area contributed by atoms with Crippen molar-refractivity contribution >= 4 is 39.5 Å². The summed E-state index contributed by atoms with van der Waals surface area (Å²) < 4.78 is 4.00. The summed E-state index contributed by atoms with van der Waals surface area (Å²) in [6.07, 6.45) is 7.77. The minimum atomic E-state index is -0.117. The van der Waals surface area contributed by atoms with E-state index in [1.54, 1.807) is 18.0 Å². The largest absolute Gasteiger partial charge is 0.345 e. The Bertz CT molecular complexity index is 1510. The number of hydrogen-bond donors (Lipinski definition) is 2. The maximum atomic E-state index is 13.1. The first-order valence-corrected chi connectivity index (χ1v) is 11.8. The van der Waals surface area contributed by atoms with E-state index in [0.717, 1.165) is 55.8 Å². The normalized spacial score (nSPS) is 13.8. The first-order chi connectivity index (χ1) is 16.1. The fourth-order valence-electron chi connectivity index (χ4n) is 4.15. The van der Waals surface area contributed by atoms with E-state index in [-0.39, 0.29) is 5.91 Å². The number of nitrogens with one attached hydrogen (secondary N) is 2. The van der Waals surface area contributed by atoms with Crippen LogP contribution >= 0.6 is 11.8 Å². The molecule has 1 fully saturated rings. The molecule has 0 saturated heterocycles. The summed E-state index contributed by atoms with van der Waals surface area (Å²) in [6.45, 7) is 2.39. The van der Waals surface area contributed by atoms with Crippen LogP contribution in [0, 0.1) is 6.92 Å². The number of carbonyl (C=O) groups excluding carboxylic acids is 1. The monoisotopic (exact) mass is 457 g/mol. The van der Waals surface area contributed by atoms with Crippen LogP contribution in [-0.2, 0) is 13.6 Å². The summed E-state index contributed by atoms with van der Waals surface area (Å²) in [6, 6.07) is 10.6. The lowest BCUT2D eigenvalue weighted by atomic mass is 10.2. The molecule has 1 aliphatic rings. The van der Waals surface area contributed by atoms with Crippen molar-refractivity contribution in [2.75, 3.05) is 0 Å². The van der Waals surface area contributed by atoms with E-state index < -0.39 is 0 Å². The summed E-state index contributed by atoms with van der Waals surface area (Å²) in [5, 5.41) is 16.8. The standard InChI is InChI=1S/C24H23N7OS/c1-14-22(33-18-5-6-19-16(9-18)11-27-29-19)10-21(30(14)2)24(32)26-13-20-23-15(7-8-25-20)12-28-31(23)17-3-4-17/h5-12,17H,3-4,13H2,1-2H3,(H,26,32)(H,27,29). The van der Waals surface area contributed by atoms with Gasteiger partial charge in [-0.25, -0.2) is 0 Å². The van der Waals surface area contributed by atoms with Crippen LogP contribution in [-0.4, -0.2) is 35.4 Å². The van der Waals surface area contributed by atoms with E-state index in [1.807, 2.05) is 49.1 Å². The second kappa shape index (κ2) is 7.77. The third kappa shape index (κ3) is 3.58. The Morgan fingerprint density at radius 2 is 2.09 bits per heavy atom. The lowest BCUT2D eigenvalue weighted by Gasteiger charge is -2.09. The van der Waals surface area contributed by atoms with Crippen molar-refractivity contribution in [1.29, 1.82) is 0 Å². The van der Waals surface area contributed by atoms with Gasteiger partial charge in [-0.1, -0.05) is 11.8 Å². The zero-order valence-corrected chi connectivity index (χ0v) is 19.2. The Kier molecular flexibility index (Phi) is 4.72. The molecule has 33 heavy (non-hydrogen) atoms. The SMILES string of the molecule is Cc1c(Sc2ccc3[nH]ncc3c2)cc(C(=O)NCc2nccc3cnn(C4CC4)c23)n1C. The van der Waals surface area contributed by atoms with Gasteiger partial charge in [0.1, 0.15) is 5.69 Å². The number of aromatic amines is 1. The number of fused-ring (bicyclic) bond motifs is 2. The Morgan fingerprint density at radius 3 is 2.94 bits per heavy atom. The molecule has 1 saturated carbocycles. The average molecular weight is 458 g/mol. The molecule has 0 unspecified atom stereocenters. The van der Waals surface area contributed by atoms with Gasteiger partial charge in [-0.2, -0.15) is 10.2 Å². The third-order valence-corrected chi connectivity index (χ3v) is 7.37. The topological polar surface area (TPSA) is 93.4 Å². The average Bonchev–Trinajstić information content (AvgIpc) is 3.28. The highest BCUT2D eigenvalue weighted by Gasteiger charge is 2.27. The molecule has 0 aliphatic heterocycles. The molecule has 1 aromatic carbocycles. The highest BCUT2D eigenvalue weighted by atomic mass is 32.2. The van der Waals surface area contributed by atoms with Gasteiger partial charge in [0, 0.05) is 39.5 Å². The van der Waals surface area contributed by atoms with Gasteiger partial charge in [0.05, 0.1) is 41.7 Å². The molecule has 166 valence electrons. The molecular weight excluding hydrogens is 434 g/mol. The van der Waals surface area contributed by atoms with Crippen molar-refractivity contribution in [2.24, 2.45) is 7.05 Å². The van der Waals surface area contributed by atoms with Gasteiger partial charge in [0.25, 0.3) is 5.91 Å². The lowest BCUT2D eigenvalue weighted by Crippen LogP contribution is -2.25. The van der Waals surface area contributed by atoms with E-state index >= 15 is 0 Å². The van der Waals surface area contributed by atoms with Crippen molar-refractivity contribution in [3.05, 3.63) is 66.0 Å². The van der Waals surface area contributed by atoms with Gasteiger partial charge in [-0.15, -0.1) is 0 Å². The van der Waals surface area contributed by atoms with E-state index in [9.17, 15) is 4.79 Å². The molecule has 2 N–H and O–H groups in total. The number of amides is 1. The number of carbonyl (C=O) groups is 1. The zero-order chi connectivity index (χ0) is 22.5. The van der Waals surface area contributed by atoms with E-state index in [2.05, 4.69) is 42.4 Å². The molecule has 0 bridgehead atoms. The van der Waals surface area contributed by atoms with Crippen LogP contribution in [0.5, 0.6) is 0 Å². The molecule has 9 heteroatoms. The fraction of sp³-hybridized carbons (Fsp3) is 0.250. The molecular formula is C24H23N7OS. The molecule has 0 atom stereocenters. The molecule has 8 nitrogen and oxygen atoms in total. The van der Waals surface area contributed by atoms with Crippen LogP contribution in [0.15, 0.2) is 58.7 Å². The van der Waals surface area contributed by atoms with Gasteiger partial charge in [-0.3, -0.25) is 19.6 Å². The van der Waals surface area contributed by atoms with E-state index in [1.165, 1.54) is 0 Å². The predicted octanol–water partition coefficient (Wildman–Crippen LogP) is 4.37. The minimum Gasteiger partial charge on any atom is -0.345 e. The number of aromatic nitrogens is 6. The second-order valence-electron chi connectivity index (χ2n) is 8.46. The van der Waals surface area contributed by atoms with Crippen LogP contribution in [0.25, 0.3) is 21.8 Å². The van der Waals surface area contributed by atoms with Gasteiger partial charge < -0.3 is 9.88 Å². The highest BCUT2D eigenvalue weighted by molar-refractivity contribution is 7.99.